The normalized spacial score (nSPS) is 19.0. The first-order chi connectivity index (χ1) is 7.59. The lowest BCUT2D eigenvalue weighted by Gasteiger charge is -2.28. The molecule has 2 nitrogen and oxygen atoms in total. The molecule has 0 spiro atoms. The van der Waals surface area contributed by atoms with Crippen LogP contribution in [0.5, 0.6) is 0 Å². The molecule has 1 saturated heterocycles. The van der Waals surface area contributed by atoms with Gasteiger partial charge in [0.2, 0.25) is 0 Å². The molecule has 16 heavy (non-hydrogen) atoms. The molecule has 1 aromatic rings. The highest BCUT2D eigenvalue weighted by molar-refractivity contribution is 9.10. The standard InChI is InChI=1S/C13H17BrO2/c1-4-13(15-5-6-16-13)11-7-9(2)10(3)8-12(11)14/h7-8H,4-6H2,1-3H3. The topological polar surface area (TPSA) is 18.5 Å². The summed E-state index contributed by atoms with van der Waals surface area (Å²) in [5, 5.41) is 0. The zero-order valence-electron chi connectivity index (χ0n) is 9.97. The lowest BCUT2D eigenvalue weighted by atomic mass is 9.98. The summed E-state index contributed by atoms with van der Waals surface area (Å²) in [5.41, 5.74) is 3.65. The SMILES string of the molecule is CCC1(c2cc(C)c(C)cc2Br)OCCO1. The monoisotopic (exact) mass is 284 g/mol. The van der Waals surface area contributed by atoms with Gasteiger partial charge in [-0.05, 0) is 37.1 Å². The van der Waals surface area contributed by atoms with E-state index in [1.165, 1.54) is 11.1 Å². The van der Waals surface area contributed by atoms with Crippen molar-refractivity contribution in [2.45, 2.75) is 33.0 Å². The molecule has 0 N–H and O–H groups in total. The Kier molecular flexibility index (Phi) is 3.38. The summed E-state index contributed by atoms with van der Waals surface area (Å²) in [5.74, 6) is -0.544. The van der Waals surface area contributed by atoms with Crippen molar-refractivity contribution in [2.24, 2.45) is 0 Å². The fraction of sp³-hybridized carbons (Fsp3) is 0.538. The highest BCUT2D eigenvalue weighted by atomic mass is 79.9. The molecule has 2 rings (SSSR count). The summed E-state index contributed by atoms with van der Waals surface area (Å²) >= 11 is 3.61. The Hall–Kier alpha value is -0.380. The van der Waals surface area contributed by atoms with Crippen LogP contribution in [-0.2, 0) is 15.3 Å². The van der Waals surface area contributed by atoms with Crippen molar-refractivity contribution in [3.63, 3.8) is 0 Å². The van der Waals surface area contributed by atoms with Gasteiger partial charge in [0, 0.05) is 16.5 Å². The number of rotatable bonds is 2. The molecule has 0 aliphatic carbocycles. The number of aryl methyl sites for hydroxylation is 2. The van der Waals surface area contributed by atoms with E-state index in [2.05, 4.69) is 48.8 Å². The first kappa shape index (κ1) is 12.1. The molecule has 0 unspecified atom stereocenters. The van der Waals surface area contributed by atoms with Crippen molar-refractivity contribution in [1.29, 1.82) is 0 Å². The van der Waals surface area contributed by atoms with E-state index in [0.717, 1.165) is 16.5 Å². The average Bonchev–Trinajstić information content (AvgIpc) is 2.73. The molecular weight excluding hydrogens is 268 g/mol. The third-order valence-electron chi connectivity index (χ3n) is 3.21. The second-order valence-corrected chi connectivity index (χ2v) is 5.07. The summed E-state index contributed by atoms with van der Waals surface area (Å²) < 4.78 is 12.7. The van der Waals surface area contributed by atoms with Crippen LogP contribution in [-0.4, -0.2) is 13.2 Å². The summed E-state index contributed by atoms with van der Waals surface area (Å²) in [6.07, 6.45) is 0.827. The molecule has 1 aromatic carbocycles. The first-order valence-corrected chi connectivity index (χ1v) is 6.43. The number of hydrogen-bond donors (Lipinski definition) is 0. The van der Waals surface area contributed by atoms with E-state index in [9.17, 15) is 0 Å². The van der Waals surface area contributed by atoms with E-state index < -0.39 is 5.79 Å². The molecule has 1 aliphatic rings. The van der Waals surface area contributed by atoms with Crippen molar-refractivity contribution >= 4 is 15.9 Å². The van der Waals surface area contributed by atoms with Gasteiger partial charge in [0.1, 0.15) is 0 Å². The Balaban J connectivity index is 2.50. The molecule has 88 valence electrons. The zero-order chi connectivity index (χ0) is 11.8. The maximum absolute atomic E-state index is 5.80. The number of hydrogen-bond acceptors (Lipinski definition) is 2. The quantitative estimate of drug-likeness (QED) is 0.825. The van der Waals surface area contributed by atoms with E-state index in [1.54, 1.807) is 0 Å². The van der Waals surface area contributed by atoms with Crippen LogP contribution in [0.2, 0.25) is 0 Å². The van der Waals surface area contributed by atoms with Gasteiger partial charge in [-0.3, -0.25) is 0 Å². The van der Waals surface area contributed by atoms with Gasteiger partial charge in [-0.25, -0.2) is 0 Å². The van der Waals surface area contributed by atoms with Crippen LogP contribution in [0.1, 0.15) is 30.0 Å². The lowest BCUT2D eigenvalue weighted by Crippen LogP contribution is -2.26. The molecule has 0 bridgehead atoms. The molecular formula is C13H17BrO2. The summed E-state index contributed by atoms with van der Waals surface area (Å²) in [6.45, 7) is 7.66. The molecule has 0 radical (unpaired) electrons. The zero-order valence-corrected chi connectivity index (χ0v) is 11.6. The van der Waals surface area contributed by atoms with Crippen molar-refractivity contribution in [3.05, 3.63) is 33.3 Å². The highest BCUT2D eigenvalue weighted by Gasteiger charge is 2.38. The van der Waals surface area contributed by atoms with E-state index >= 15 is 0 Å². The van der Waals surface area contributed by atoms with E-state index in [-0.39, 0.29) is 0 Å². The predicted octanol–water partition coefficient (Wildman–Crippen LogP) is 3.68. The maximum Gasteiger partial charge on any atom is 0.195 e. The Morgan fingerprint density at radius 2 is 1.75 bits per heavy atom. The van der Waals surface area contributed by atoms with Gasteiger partial charge in [0.15, 0.2) is 5.79 Å². The Labute approximate surface area is 105 Å². The van der Waals surface area contributed by atoms with Gasteiger partial charge in [-0.2, -0.15) is 0 Å². The minimum Gasteiger partial charge on any atom is -0.343 e. The Morgan fingerprint density at radius 3 is 2.31 bits per heavy atom. The van der Waals surface area contributed by atoms with E-state index in [0.29, 0.717) is 13.2 Å². The third-order valence-corrected chi connectivity index (χ3v) is 3.87. The van der Waals surface area contributed by atoms with Crippen LogP contribution in [0, 0.1) is 13.8 Å². The van der Waals surface area contributed by atoms with Crippen molar-refractivity contribution in [1.82, 2.24) is 0 Å². The second-order valence-electron chi connectivity index (χ2n) is 4.22. The van der Waals surface area contributed by atoms with Gasteiger partial charge < -0.3 is 9.47 Å². The van der Waals surface area contributed by atoms with Gasteiger partial charge in [-0.15, -0.1) is 0 Å². The lowest BCUT2D eigenvalue weighted by molar-refractivity contribution is -0.168. The predicted molar refractivity (Wildman–Crippen MR) is 67.5 cm³/mol. The second kappa shape index (κ2) is 4.47. The first-order valence-electron chi connectivity index (χ1n) is 5.64. The number of ether oxygens (including phenoxy) is 2. The Morgan fingerprint density at radius 1 is 1.19 bits per heavy atom. The van der Waals surface area contributed by atoms with Crippen molar-refractivity contribution in [2.75, 3.05) is 13.2 Å². The minimum atomic E-state index is -0.544. The molecule has 0 amide bonds. The molecule has 1 aliphatic heterocycles. The van der Waals surface area contributed by atoms with Crippen LogP contribution in [0.3, 0.4) is 0 Å². The van der Waals surface area contributed by atoms with Gasteiger partial charge >= 0.3 is 0 Å². The van der Waals surface area contributed by atoms with Gasteiger partial charge in [0.25, 0.3) is 0 Å². The van der Waals surface area contributed by atoms with Crippen LogP contribution in [0.25, 0.3) is 0 Å². The van der Waals surface area contributed by atoms with Gasteiger partial charge in [0.05, 0.1) is 13.2 Å². The number of benzene rings is 1. The summed E-state index contributed by atoms with van der Waals surface area (Å²) in [4.78, 5) is 0. The molecule has 1 heterocycles. The maximum atomic E-state index is 5.80. The average molecular weight is 285 g/mol. The largest absolute Gasteiger partial charge is 0.343 e. The Bertz CT molecular complexity index is 395. The molecule has 1 fully saturated rings. The molecule has 0 saturated carbocycles. The number of halogens is 1. The minimum absolute atomic E-state index is 0.544. The summed E-state index contributed by atoms with van der Waals surface area (Å²) in [7, 11) is 0. The smallest absolute Gasteiger partial charge is 0.195 e. The fourth-order valence-electron chi connectivity index (χ4n) is 2.08. The van der Waals surface area contributed by atoms with Crippen LogP contribution < -0.4 is 0 Å². The van der Waals surface area contributed by atoms with Crippen molar-refractivity contribution < 1.29 is 9.47 Å². The van der Waals surface area contributed by atoms with Crippen LogP contribution >= 0.6 is 15.9 Å². The molecule has 0 atom stereocenters. The molecule has 3 heteroatoms. The van der Waals surface area contributed by atoms with E-state index in [4.69, 9.17) is 9.47 Å². The van der Waals surface area contributed by atoms with Crippen LogP contribution in [0.15, 0.2) is 16.6 Å². The van der Waals surface area contributed by atoms with Crippen molar-refractivity contribution in [3.8, 4) is 0 Å². The summed E-state index contributed by atoms with van der Waals surface area (Å²) in [6, 6.07) is 4.29. The highest BCUT2D eigenvalue weighted by Crippen LogP contribution is 2.39. The van der Waals surface area contributed by atoms with E-state index in [1.807, 2.05) is 0 Å². The third kappa shape index (κ3) is 1.92. The van der Waals surface area contributed by atoms with Gasteiger partial charge in [-0.1, -0.05) is 22.9 Å². The molecule has 0 aromatic heterocycles. The van der Waals surface area contributed by atoms with Crippen LogP contribution in [0.4, 0.5) is 0 Å². The fourth-order valence-corrected chi connectivity index (χ4v) is 2.84.